The average Bonchev–Trinajstić information content (AvgIpc) is 2.37. The van der Waals surface area contributed by atoms with Gasteiger partial charge in [0.1, 0.15) is 5.67 Å². The molecular formula is C9H16FN. The zero-order valence-electron chi connectivity index (χ0n) is 7.28. The summed E-state index contributed by atoms with van der Waals surface area (Å²) in [4.78, 5) is 0. The van der Waals surface area contributed by atoms with Gasteiger partial charge in [0.25, 0.3) is 0 Å². The molecule has 1 aliphatic heterocycles. The molecule has 11 heavy (non-hydrogen) atoms. The zero-order chi connectivity index (χ0) is 8.48. The Labute approximate surface area is 67.7 Å². The molecule has 2 atom stereocenters. The van der Waals surface area contributed by atoms with E-state index in [4.69, 9.17) is 0 Å². The minimum absolute atomic E-state index is 0.0139. The Morgan fingerprint density at radius 1 is 1.73 bits per heavy atom. The molecule has 0 spiro atoms. The molecule has 0 aromatic carbocycles. The van der Waals surface area contributed by atoms with Crippen LogP contribution < -0.4 is 5.32 Å². The van der Waals surface area contributed by atoms with Gasteiger partial charge in [-0.05, 0) is 38.8 Å². The first-order chi connectivity index (χ1) is 5.05. The highest BCUT2D eigenvalue weighted by Gasteiger charge is 2.36. The van der Waals surface area contributed by atoms with Gasteiger partial charge in [-0.3, -0.25) is 0 Å². The fourth-order valence-electron chi connectivity index (χ4n) is 1.44. The molecule has 1 aliphatic rings. The molecule has 64 valence electrons. The molecule has 0 bridgehead atoms. The summed E-state index contributed by atoms with van der Waals surface area (Å²) in [5.41, 5.74) is -0.604. The molecule has 0 aromatic rings. The fraction of sp³-hybridized carbons (Fsp3) is 0.778. The second-order valence-corrected chi connectivity index (χ2v) is 3.50. The second kappa shape index (κ2) is 2.94. The Morgan fingerprint density at radius 2 is 2.36 bits per heavy atom. The maximum atomic E-state index is 13.8. The normalized spacial score (nSPS) is 29.9. The Balaban J connectivity index is 2.62. The molecule has 0 aliphatic carbocycles. The van der Waals surface area contributed by atoms with E-state index in [0.29, 0.717) is 5.57 Å². The van der Waals surface area contributed by atoms with E-state index in [-0.39, 0.29) is 6.04 Å². The van der Waals surface area contributed by atoms with Gasteiger partial charge in [0.05, 0.1) is 0 Å². The summed E-state index contributed by atoms with van der Waals surface area (Å²) >= 11 is 0. The van der Waals surface area contributed by atoms with Crippen LogP contribution in [0.15, 0.2) is 12.2 Å². The van der Waals surface area contributed by atoms with E-state index >= 15 is 0 Å². The summed E-state index contributed by atoms with van der Waals surface area (Å²) < 4.78 is 13.8. The standard InChI is InChI=1S/C9H16FN/c1-7(2)9(3,10)8-5-4-6-11-8/h8,11H,1,4-6H2,2-3H3. The van der Waals surface area contributed by atoms with E-state index in [1.165, 1.54) is 0 Å². The van der Waals surface area contributed by atoms with Gasteiger partial charge in [0, 0.05) is 6.04 Å². The molecule has 1 heterocycles. The van der Waals surface area contributed by atoms with Gasteiger partial charge >= 0.3 is 0 Å². The molecule has 1 fully saturated rings. The number of nitrogens with one attached hydrogen (secondary N) is 1. The number of hydrogen-bond donors (Lipinski definition) is 1. The maximum Gasteiger partial charge on any atom is 0.143 e. The summed E-state index contributed by atoms with van der Waals surface area (Å²) in [6.45, 7) is 7.96. The summed E-state index contributed by atoms with van der Waals surface area (Å²) in [6.07, 6.45) is 2.01. The van der Waals surface area contributed by atoms with Crippen LogP contribution in [0.5, 0.6) is 0 Å². The highest BCUT2D eigenvalue weighted by molar-refractivity contribution is 5.13. The van der Waals surface area contributed by atoms with Gasteiger partial charge in [-0.1, -0.05) is 6.58 Å². The first kappa shape index (κ1) is 8.72. The van der Waals surface area contributed by atoms with Gasteiger partial charge in [-0.2, -0.15) is 0 Å². The third-order valence-corrected chi connectivity index (χ3v) is 2.55. The topological polar surface area (TPSA) is 12.0 Å². The first-order valence-corrected chi connectivity index (χ1v) is 4.13. The van der Waals surface area contributed by atoms with Crippen molar-refractivity contribution in [2.45, 2.75) is 38.4 Å². The highest BCUT2D eigenvalue weighted by atomic mass is 19.1. The van der Waals surface area contributed by atoms with Crippen LogP contribution in [0.4, 0.5) is 4.39 Å². The molecule has 1 N–H and O–H groups in total. The van der Waals surface area contributed by atoms with Crippen LogP contribution in [0.3, 0.4) is 0 Å². The maximum absolute atomic E-state index is 13.8. The van der Waals surface area contributed by atoms with E-state index in [0.717, 1.165) is 19.4 Å². The SMILES string of the molecule is C=C(C)C(C)(F)C1CCCN1. The molecule has 1 saturated heterocycles. The zero-order valence-corrected chi connectivity index (χ0v) is 7.28. The largest absolute Gasteiger partial charge is 0.311 e. The predicted molar refractivity (Wildman–Crippen MR) is 45.4 cm³/mol. The quantitative estimate of drug-likeness (QED) is 0.605. The average molecular weight is 157 g/mol. The van der Waals surface area contributed by atoms with E-state index in [1.807, 2.05) is 0 Å². The van der Waals surface area contributed by atoms with Crippen molar-refractivity contribution < 1.29 is 4.39 Å². The van der Waals surface area contributed by atoms with Gasteiger partial charge in [-0.25, -0.2) is 4.39 Å². The molecule has 2 unspecified atom stereocenters. The Hall–Kier alpha value is -0.370. The van der Waals surface area contributed by atoms with Crippen LogP contribution >= 0.6 is 0 Å². The Kier molecular flexibility index (Phi) is 2.33. The minimum atomic E-state index is -1.23. The number of rotatable bonds is 2. The van der Waals surface area contributed by atoms with E-state index in [2.05, 4.69) is 11.9 Å². The predicted octanol–water partition coefficient (Wildman–Crippen LogP) is 2.04. The molecular weight excluding hydrogens is 141 g/mol. The molecule has 1 rings (SSSR count). The number of halogens is 1. The number of hydrogen-bond acceptors (Lipinski definition) is 1. The minimum Gasteiger partial charge on any atom is -0.311 e. The van der Waals surface area contributed by atoms with Gasteiger partial charge in [0.2, 0.25) is 0 Å². The lowest BCUT2D eigenvalue weighted by Crippen LogP contribution is -2.42. The molecule has 0 radical (unpaired) electrons. The van der Waals surface area contributed by atoms with Crippen molar-refractivity contribution >= 4 is 0 Å². The van der Waals surface area contributed by atoms with E-state index in [1.54, 1.807) is 13.8 Å². The summed E-state index contributed by atoms with van der Waals surface area (Å²) in [7, 11) is 0. The van der Waals surface area contributed by atoms with Crippen molar-refractivity contribution in [3.05, 3.63) is 12.2 Å². The molecule has 0 amide bonds. The summed E-state index contributed by atoms with van der Waals surface area (Å²) in [5, 5.41) is 3.14. The van der Waals surface area contributed by atoms with Crippen molar-refractivity contribution in [2.24, 2.45) is 0 Å². The van der Waals surface area contributed by atoms with Crippen molar-refractivity contribution in [1.29, 1.82) is 0 Å². The summed E-state index contributed by atoms with van der Waals surface area (Å²) in [6, 6.07) is -0.0139. The van der Waals surface area contributed by atoms with Gasteiger partial charge in [-0.15, -0.1) is 0 Å². The monoisotopic (exact) mass is 157 g/mol. The Bertz CT molecular complexity index is 157. The lowest BCUT2D eigenvalue weighted by atomic mass is 9.91. The van der Waals surface area contributed by atoms with Crippen LogP contribution in [0.25, 0.3) is 0 Å². The fourth-order valence-corrected chi connectivity index (χ4v) is 1.44. The number of alkyl halides is 1. The van der Waals surface area contributed by atoms with Crippen molar-refractivity contribution in [3.8, 4) is 0 Å². The lowest BCUT2D eigenvalue weighted by molar-refractivity contribution is 0.181. The van der Waals surface area contributed by atoms with E-state index < -0.39 is 5.67 Å². The highest BCUT2D eigenvalue weighted by Crippen LogP contribution is 2.28. The summed E-state index contributed by atoms with van der Waals surface area (Å²) in [5.74, 6) is 0. The van der Waals surface area contributed by atoms with Crippen LogP contribution in [0.1, 0.15) is 26.7 Å². The van der Waals surface area contributed by atoms with Crippen molar-refractivity contribution in [3.63, 3.8) is 0 Å². The molecule has 2 heteroatoms. The van der Waals surface area contributed by atoms with Crippen LogP contribution in [-0.4, -0.2) is 18.3 Å². The third-order valence-electron chi connectivity index (χ3n) is 2.55. The van der Waals surface area contributed by atoms with Crippen molar-refractivity contribution in [1.82, 2.24) is 5.32 Å². The lowest BCUT2D eigenvalue weighted by Gasteiger charge is -2.27. The first-order valence-electron chi connectivity index (χ1n) is 4.13. The van der Waals surface area contributed by atoms with Gasteiger partial charge < -0.3 is 5.32 Å². The Morgan fingerprint density at radius 3 is 2.73 bits per heavy atom. The molecule has 1 nitrogen and oxygen atoms in total. The van der Waals surface area contributed by atoms with Crippen LogP contribution in [-0.2, 0) is 0 Å². The van der Waals surface area contributed by atoms with Crippen molar-refractivity contribution in [2.75, 3.05) is 6.54 Å². The van der Waals surface area contributed by atoms with Gasteiger partial charge in [0.15, 0.2) is 0 Å². The third kappa shape index (κ3) is 1.62. The molecule has 0 aromatic heterocycles. The van der Waals surface area contributed by atoms with Crippen LogP contribution in [0, 0.1) is 0 Å². The van der Waals surface area contributed by atoms with E-state index in [9.17, 15) is 4.39 Å². The molecule has 0 saturated carbocycles. The van der Waals surface area contributed by atoms with Crippen LogP contribution in [0.2, 0.25) is 0 Å². The second-order valence-electron chi connectivity index (χ2n) is 3.50. The smallest absolute Gasteiger partial charge is 0.143 e.